The zero-order valence-corrected chi connectivity index (χ0v) is 15.2. The van der Waals surface area contributed by atoms with Crippen LogP contribution in [0.3, 0.4) is 0 Å². The van der Waals surface area contributed by atoms with Gasteiger partial charge in [-0.25, -0.2) is 19.2 Å². The largest absolute Gasteiger partial charge is 0.486 e. The Morgan fingerprint density at radius 1 is 1.44 bits per heavy atom. The van der Waals surface area contributed by atoms with E-state index in [9.17, 15) is 14.3 Å². The number of aromatic nitrogens is 2. The number of benzene rings is 1. The van der Waals surface area contributed by atoms with Crippen molar-refractivity contribution >= 4 is 39.0 Å². The minimum absolute atomic E-state index is 0.140. The van der Waals surface area contributed by atoms with Gasteiger partial charge in [0, 0.05) is 12.5 Å². The van der Waals surface area contributed by atoms with Gasteiger partial charge in [-0.3, -0.25) is 0 Å². The van der Waals surface area contributed by atoms with E-state index in [1.807, 2.05) is 0 Å². The van der Waals surface area contributed by atoms with Crippen LogP contribution in [-0.4, -0.2) is 40.4 Å². The van der Waals surface area contributed by atoms with Crippen molar-refractivity contribution in [1.82, 2.24) is 9.97 Å². The van der Waals surface area contributed by atoms with Crippen molar-refractivity contribution in [2.75, 3.05) is 18.5 Å². The predicted octanol–water partition coefficient (Wildman–Crippen LogP) is 3.75. The van der Waals surface area contributed by atoms with Crippen molar-refractivity contribution < 1.29 is 23.8 Å². The maximum Gasteiger partial charge on any atom is 0.346 e. The summed E-state index contributed by atoms with van der Waals surface area (Å²) < 4.78 is 24.9. The number of hydrogen-bond acceptors (Lipinski definition) is 7. The molecule has 1 unspecified atom stereocenters. The fourth-order valence-electron chi connectivity index (χ4n) is 2.98. The molecule has 9 heteroatoms. The van der Waals surface area contributed by atoms with Crippen LogP contribution in [0.25, 0.3) is 10.2 Å². The highest BCUT2D eigenvalue weighted by atomic mass is 32.1. The standard InChI is InChI=1S/C18H16FN3O4S/c1-9-14-16(20-8-21-17(14)27-15(9)18(23)24)22-12-3-2-10(19)6-13(12)26-11-4-5-25-7-11/h2-3,6,8,11H,4-5,7H2,1H3,(H,23,24)(H,20,21,22). The number of aromatic carboxylic acids is 1. The molecule has 1 saturated heterocycles. The first-order valence-electron chi connectivity index (χ1n) is 8.31. The molecule has 0 aliphatic carbocycles. The molecule has 2 N–H and O–H groups in total. The highest BCUT2D eigenvalue weighted by Gasteiger charge is 2.21. The summed E-state index contributed by atoms with van der Waals surface area (Å²) in [5.74, 6) is -0.625. The van der Waals surface area contributed by atoms with Gasteiger partial charge >= 0.3 is 5.97 Å². The number of fused-ring (bicyclic) bond motifs is 1. The number of rotatable bonds is 5. The quantitative estimate of drug-likeness (QED) is 0.686. The maximum absolute atomic E-state index is 13.7. The maximum atomic E-state index is 13.7. The fraction of sp³-hybridized carbons (Fsp3) is 0.278. The smallest absolute Gasteiger partial charge is 0.346 e. The van der Waals surface area contributed by atoms with Gasteiger partial charge in [0.2, 0.25) is 0 Å². The molecule has 1 aliphatic rings. The summed E-state index contributed by atoms with van der Waals surface area (Å²) in [4.78, 5) is 20.6. The van der Waals surface area contributed by atoms with Crippen LogP contribution >= 0.6 is 11.3 Å². The third kappa shape index (κ3) is 3.43. The van der Waals surface area contributed by atoms with Gasteiger partial charge in [0.25, 0.3) is 0 Å². The Balaban J connectivity index is 1.73. The van der Waals surface area contributed by atoms with Crippen molar-refractivity contribution in [2.24, 2.45) is 0 Å². The Kier molecular flexibility index (Phi) is 4.63. The number of carboxylic acids is 1. The Morgan fingerprint density at radius 3 is 3.04 bits per heavy atom. The van der Waals surface area contributed by atoms with Crippen molar-refractivity contribution in [3.05, 3.63) is 40.8 Å². The van der Waals surface area contributed by atoms with E-state index in [-0.39, 0.29) is 11.0 Å². The number of carboxylic acid groups (broad SMARTS) is 1. The minimum Gasteiger partial charge on any atom is -0.486 e. The molecule has 3 aromatic rings. The van der Waals surface area contributed by atoms with E-state index in [0.717, 1.165) is 17.8 Å². The molecule has 1 aliphatic heterocycles. The number of hydrogen-bond donors (Lipinski definition) is 2. The van der Waals surface area contributed by atoms with Crippen LogP contribution < -0.4 is 10.1 Å². The van der Waals surface area contributed by atoms with E-state index >= 15 is 0 Å². The highest BCUT2D eigenvalue weighted by Crippen LogP contribution is 2.36. The molecule has 0 radical (unpaired) electrons. The SMILES string of the molecule is Cc1c(C(=O)O)sc2ncnc(Nc3ccc(F)cc3OC3CCOC3)c12. The Labute approximate surface area is 157 Å². The molecule has 140 valence electrons. The number of aryl methyl sites for hydroxylation is 1. The van der Waals surface area contributed by atoms with E-state index in [4.69, 9.17) is 9.47 Å². The average Bonchev–Trinajstić information content (AvgIpc) is 3.26. The number of nitrogens with zero attached hydrogens (tertiary/aromatic N) is 2. The van der Waals surface area contributed by atoms with Crippen molar-refractivity contribution in [1.29, 1.82) is 0 Å². The number of carbonyl (C=O) groups is 1. The summed E-state index contributed by atoms with van der Waals surface area (Å²) in [6.07, 6.45) is 1.96. The summed E-state index contributed by atoms with van der Waals surface area (Å²) >= 11 is 1.09. The molecular formula is C18H16FN3O4S. The van der Waals surface area contributed by atoms with Crippen LogP contribution in [0.15, 0.2) is 24.5 Å². The van der Waals surface area contributed by atoms with Gasteiger partial charge in [-0.2, -0.15) is 0 Å². The molecule has 1 aromatic carbocycles. The third-order valence-electron chi connectivity index (χ3n) is 4.30. The molecule has 0 amide bonds. The zero-order valence-electron chi connectivity index (χ0n) is 14.4. The van der Waals surface area contributed by atoms with Crippen LogP contribution in [0.4, 0.5) is 15.9 Å². The van der Waals surface area contributed by atoms with E-state index in [1.54, 1.807) is 13.0 Å². The molecule has 0 spiro atoms. The highest BCUT2D eigenvalue weighted by molar-refractivity contribution is 7.20. The van der Waals surface area contributed by atoms with E-state index < -0.39 is 11.8 Å². The Hall–Kier alpha value is -2.78. The van der Waals surface area contributed by atoms with Crippen molar-refractivity contribution in [3.8, 4) is 5.75 Å². The molecule has 0 saturated carbocycles. The Bertz CT molecular complexity index is 1020. The lowest BCUT2D eigenvalue weighted by molar-refractivity contribution is 0.0701. The molecule has 3 heterocycles. The van der Waals surface area contributed by atoms with Gasteiger partial charge in [-0.05, 0) is 24.6 Å². The molecule has 2 aromatic heterocycles. The lowest BCUT2D eigenvalue weighted by atomic mass is 10.2. The number of anilines is 2. The molecule has 4 rings (SSSR count). The van der Waals surface area contributed by atoms with Crippen LogP contribution in [0.5, 0.6) is 5.75 Å². The summed E-state index contributed by atoms with van der Waals surface area (Å²) in [6, 6.07) is 4.19. The molecule has 1 fully saturated rings. The molecular weight excluding hydrogens is 373 g/mol. The topological polar surface area (TPSA) is 93.6 Å². The van der Waals surface area contributed by atoms with Gasteiger partial charge in [-0.15, -0.1) is 11.3 Å². The molecule has 0 bridgehead atoms. The second-order valence-electron chi connectivity index (χ2n) is 6.13. The second-order valence-corrected chi connectivity index (χ2v) is 7.13. The zero-order chi connectivity index (χ0) is 19.0. The second kappa shape index (κ2) is 7.09. The first-order valence-corrected chi connectivity index (χ1v) is 9.13. The Morgan fingerprint density at radius 2 is 2.30 bits per heavy atom. The van der Waals surface area contributed by atoms with Crippen LogP contribution in [-0.2, 0) is 4.74 Å². The van der Waals surface area contributed by atoms with E-state index in [2.05, 4.69) is 15.3 Å². The van der Waals surface area contributed by atoms with Crippen LogP contribution in [0, 0.1) is 12.7 Å². The monoisotopic (exact) mass is 389 g/mol. The van der Waals surface area contributed by atoms with Crippen LogP contribution in [0.1, 0.15) is 21.7 Å². The van der Waals surface area contributed by atoms with Crippen molar-refractivity contribution in [3.63, 3.8) is 0 Å². The molecule has 7 nitrogen and oxygen atoms in total. The van der Waals surface area contributed by atoms with Gasteiger partial charge in [0.15, 0.2) is 0 Å². The average molecular weight is 389 g/mol. The van der Waals surface area contributed by atoms with E-state index in [1.165, 1.54) is 18.5 Å². The van der Waals surface area contributed by atoms with Crippen LogP contribution in [0.2, 0.25) is 0 Å². The van der Waals surface area contributed by atoms with E-state index in [0.29, 0.717) is 46.2 Å². The van der Waals surface area contributed by atoms with Gasteiger partial charge in [0.1, 0.15) is 39.5 Å². The lowest BCUT2D eigenvalue weighted by Crippen LogP contribution is -2.16. The molecule has 27 heavy (non-hydrogen) atoms. The molecule has 1 atom stereocenters. The summed E-state index contributed by atoms with van der Waals surface area (Å²) in [7, 11) is 0. The number of ether oxygens (including phenoxy) is 2. The number of halogens is 1. The lowest BCUT2D eigenvalue weighted by Gasteiger charge is -2.17. The first kappa shape index (κ1) is 17.6. The summed E-state index contributed by atoms with van der Waals surface area (Å²) in [5, 5.41) is 13.1. The number of nitrogens with one attached hydrogen (secondary N) is 1. The summed E-state index contributed by atoms with van der Waals surface area (Å²) in [5.41, 5.74) is 1.12. The summed E-state index contributed by atoms with van der Waals surface area (Å²) in [6.45, 7) is 2.79. The normalized spacial score (nSPS) is 16.6. The predicted molar refractivity (Wildman–Crippen MR) is 98.6 cm³/mol. The third-order valence-corrected chi connectivity index (χ3v) is 5.49. The first-order chi connectivity index (χ1) is 13.0. The fourth-order valence-corrected chi connectivity index (χ4v) is 3.97. The van der Waals surface area contributed by atoms with Gasteiger partial charge in [0.05, 0.1) is 24.3 Å². The minimum atomic E-state index is -1.01. The van der Waals surface area contributed by atoms with Gasteiger partial charge in [-0.1, -0.05) is 0 Å². The number of thiophene rings is 1. The van der Waals surface area contributed by atoms with Crippen molar-refractivity contribution in [2.45, 2.75) is 19.4 Å². The van der Waals surface area contributed by atoms with Gasteiger partial charge < -0.3 is 19.9 Å².